The highest BCUT2D eigenvalue weighted by Gasteiger charge is 2.30. The molecule has 4 atom stereocenters. The Morgan fingerprint density at radius 3 is 1.87 bits per heavy atom. The lowest BCUT2D eigenvalue weighted by atomic mass is 10.0. The number of aromatic amines is 1. The van der Waals surface area contributed by atoms with Crippen molar-refractivity contribution < 1.29 is 29.4 Å². The van der Waals surface area contributed by atoms with Crippen LogP contribution in [0.5, 0.6) is 5.75 Å². The van der Waals surface area contributed by atoms with E-state index in [9.17, 15) is 29.4 Å². The minimum atomic E-state index is -1.29. The average molecular weight is 631 g/mol. The number of carbonyl (C=O) groups is 4. The highest BCUT2D eigenvalue weighted by atomic mass is 16.4. The molecule has 2 rings (SSSR count). The number of aliphatic carboxylic acids is 1. The van der Waals surface area contributed by atoms with E-state index in [2.05, 4.69) is 35.9 Å². The smallest absolute Gasteiger partial charge is 0.326 e. The summed E-state index contributed by atoms with van der Waals surface area (Å²) in [4.78, 5) is 66.2. The quantitative estimate of drug-likeness (QED) is 0.0417. The minimum Gasteiger partial charge on any atom is -0.508 e. The normalized spacial score (nSPS) is 13.4. The largest absolute Gasteiger partial charge is 0.508 e. The summed E-state index contributed by atoms with van der Waals surface area (Å²) in [7, 11) is 0. The van der Waals surface area contributed by atoms with Gasteiger partial charge < -0.3 is 59.8 Å². The Balaban J connectivity index is 2.19. The van der Waals surface area contributed by atoms with Crippen LogP contribution in [0.25, 0.3) is 0 Å². The lowest BCUT2D eigenvalue weighted by Gasteiger charge is -2.25. The number of guanidine groups is 2. The number of carboxylic acid groups (broad SMARTS) is 1. The second-order valence-corrected chi connectivity index (χ2v) is 10.2. The number of phenols is 1. The molecule has 0 aliphatic heterocycles. The van der Waals surface area contributed by atoms with Gasteiger partial charge in [0, 0.05) is 31.4 Å². The van der Waals surface area contributed by atoms with Crippen molar-refractivity contribution in [3.8, 4) is 5.75 Å². The maximum absolute atomic E-state index is 13.5. The molecule has 246 valence electrons. The molecule has 18 nitrogen and oxygen atoms in total. The Bertz CT molecular complexity index is 1310. The van der Waals surface area contributed by atoms with Crippen LogP contribution in [0.4, 0.5) is 0 Å². The summed E-state index contributed by atoms with van der Waals surface area (Å²) in [6.45, 7) is 0.326. The molecule has 0 fully saturated rings. The predicted molar refractivity (Wildman–Crippen MR) is 165 cm³/mol. The standard InChI is InChI=1S/C27H42N12O6/c28-18(11-15-5-7-17(40)8-6-15)22(41)37-19(3-1-9-34-26(29)30)23(42)39-21(12-16-13-33-14-36-16)24(43)38-20(25(44)45)4-2-10-35-27(31)32/h5-8,13-14,18-21,40H,1-4,9-12,28H2,(H,33,36)(H,37,41)(H,38,43)(H,39,42)(H,44,45)(H4,29,30,34)(H4,31,32,35). The summed E-state index contributed by atoms with van der Waals surface area (Å²) >= 11 is 0. The van der Waals surface area contributed by atoms with Crippen LogP contribution < -0.4 is 44.6 Å². The summed E-state index contributed by atoms with van der Waals surface area (Å²) in [5.41, 5.74) is 28.6. The molecule has 0 aliphatic rings. The fraction of sp³-hybridized carbons (Fsp3) is 0.444. The number of carboxylic acids is 1. The summed E-state index contributed by atoms with van der Waals surface area (Å²) in [6, 6.07) is 1.43. The number of aromatic nitrogens is 2. The summed E-state index contributed by atoms with van der Waals surface area (Å²) in [6.07, 6.45) is 3.56. The van der Waals surface area contributed by atoms with Crippen molar-refractivity contribution in [2.75, 3.05) is 13.1 Å². The van der Waals surface area contributed by atoms with E-state index in [4.69, 9.17) is 28.7 Å². The number of H-pyrrole nitrogens is 1. The number of phenolic OH excluding ortho intramolecular Hbond substituents is 1. The molecule has 18 heteroatoms. The molecular weight excluding hydrogens is 588 g/mol. The van der Waals surface area contributed by atoms with E-state index >= 15 is 0 Å². The first-order valence-corrected chi connectivity index (χ1v) is 14.1. The molecule has 0 saturated carbocycles. The van der Waals surface area contributed by atoms with E-state index < -0.39 is 47.9 Å². The zero-order valence-corrected chi connectivity index (χ0v) is 24.7. The Morgan fingerprint density at radius 2 is 1.33 bits per heavy atom. The lowest BCUT2D eigenvalue weighted by molar-refractivity contribution is -0.142. The fourth-order valence-corrected chi connectivity index (χ4v) is 4.16. The summed E-state index contributed by atoms with van der Waals surface area (Å²) in [5.74, 6) is -3.64. The van der Waals surface area contributed by atoms with Gasteiger partial charge in [-0.2, -0.15) is 0 Å². The average Bonchev–Trinajstić information content (AvgIpc) is 3.49. The number of carbonyl (C=O) groups excluding carboxylic acids is 3. The lowest BCUT2D eigenvalue weighted by Crippen LogP contribution is -2.57. The molecule has 2 aromatic rings. The third-order valence-corrected chi connectivity index (χ3v) is 6.48. The van der Waals surface area contributed by atoms with Gasteiger partial charge in [-0.25, -0.2) is 9.78 Å². The van der Waals surface area contributed by atoms with Gasteiger partial charge in [-0.15, -0.1) is 0 Å². The second kappa shape index (κ2) is 18.3. The molecular formula is C27H42N12O6. The number of nitrogens with one attached hydrogen (secondary N) is 4. The van der Waals surface area contributed by atoms with Crippen molar-refractivity contribution in [2.45, 2.75) is 62.7 Å². The number of benzene rings is 1. The Morgan fingerprint density at radius 1 is 0.800 bits per heavy atom. The molecule has 16 N–H and O–H groups in total. The molecule has 1 aromatic heterocycles. The molecule has 0 spiro atoms. The Hall–Kier alpha value is -5.39. The maximum atomic E-state index is 13.5. The van der Waals surface area contributed by atoms with Crippen molar-refractivity contribution in [3.63, 3.8) is 0 Å². The monoisotopic (exact) mass is 630 g/mol. The SMILES string of the molecule is NC(N)=NCCCC(NC(=O)C(Cc1cnc[nH]1)NC(=O)C(CCCN=C(N)N)NC(=O)C(N)Cc1ccc(O)cc1)C(=O)O. The van der Waals surface area contributed by atoms with E-state index in [-0.39, 0.29) is 69.3 Å². The number of nitrogens with two attached hydrogens (primary N) is 5. The maximum Gasteiger partial charge on any atom is 0.326 e. The Labute approximate surface area is 259 Å². The van der Waals surface area contributed by atoms with E-state index in [1.807, 2.05) is 0 Å². The fourth-order valence-electron chi connectivity index (χ4n) is 4.16. The summed E-state index contributed by atoms with van der Waals surface area (Å²) in [5, 5.41) is 26.9. The van der Waals surface area contributed by atoms with Crippen molar-refractivity contribution >= 4 is 35.6 Å². The van der Waals surface area contributed by atoms with Crippen molar-refractivity contribution in [1.29, 1.82) is 0 Å². The van der Waals surface area contributed by atoms with Crippen LogP contribution in [-0.2, 0) is 32.0 Å². The van der Waals surface area contributed by atoms with E-state index in [0.29, 0.717) is 11.3 Å². The van der Waals surface area contributed by atoms with Crippen molar-refractivity contribution in [1.82, 2.24) is 25.9 Å². The van der Waals surface area contributed by atoms with Crippen LogP contribution in [0.3, 0.4) is 0 Å². The van der Waals surface area contributed by atoms with Gasteiger partial charge in [0.25, 0.3) is 0 Å². The van der Waals surface area contributed by atoms with Crippen LogP contribution in [-0.4, -0.2) is 93.0 Å². The van der Waals surface area contributed by atoms with Gasteiger partial charge in [0.1, 0.15) is 23.9 Å². The van der Waals surface area contributed by atoms with Crippen molar-refractivity contribution in [2.24, 2.45) is 38.7 Å². The molecule has 1 aromatic carbocycles. The van der Waals surface area contributed by atoms with Crippen LogP contribution in [0.15, 0.2) is 46.8 Å². The van der Waals surface area contributed by atoms with Gasteiger partial charge in [0.15, 0.2) is 11.9 Å². The van der Waals surface area contributed by atoms with Crippen LogP contribution in [0.2, 0.25) is 0 Å². The van der Waals surface area contributed by atoms with Gasteiger partial charge >= 0.3 is 5.97 Å². The molecule has 0 bridgehead atoms. The first-order valence-electron chi connectivity index (χ1n) is 14.1. The van der Waals surface area contributed by atoms with Crippen LogP contribution in [0, 0.1) is 0 Å². The number of hydrogen-bond donors (Lipinski definition) is 11. The van der Waals surface area contributed by atoms with Crippen LogP contribution in [0.1, 0.15) is 36.9 Å². The first kappa shape index (κ1) is 35.8. The van der Waals surface area contributed by atoms with Crippen molar-refractivity contribution in [3.05, 3.63) is 48.0 Å². The van der Waals surface area contributed by atoms with Gasteiger partial charge in [0.2, 0.25) is 17.7 Å². The first-order chi connectivity index (χ1) is 21.3. The van der Waals surface area contributed by atoms with Gasteiger partial charge in [-0.3, -0.25) is 24.4 Å². The molecule has 0 aliphatic carbocycles. The predicted octanol–water partition coefficient (Wildman–Crippen LogP) is -3.13. The highest BCUT2D eigenvalue weighted by molar-refractivity contribution is 5.94. The zero-order valence-electron chi connectivity index (χ0n) is 24.7. The molecule has 0 saturated heterocycles. The third-order valence-electron chi connectivity index (χ3n) is 6.48. The number of rotatable bonds is 19. The van der Waals surface area contributed by atoms with Crippen LogP contribution >= 0.6 is 0 Å². The molecule has 3 amide bonds. The summed E-state index contributed by atoms with van der Waals surface area (Å²) < 4.78 is 0. The molecule has 4 unspecified atom stereocenters. The third kappa shape index (κ3) is 13.6. The van der Waals surface area contributed by atoms with Gasteiger partial charge in [-0.05, 0) is 49.8 Å². The van der Waals surface area contributed by atoms with Gasteiger partial charge in [0.05, 0.1) is 12.4 Å². The zero-order chi connectivity index (χ0) is 33.4. The van der Waals surface area contributed by atoms with Gasteiger partial charge in [-0.1, -0.05) is 12.1 Å². The number of imidazole rings is 1. The Kier molecular flexibility index (Phi) is 14.6. The second-order valence-electron chi connectivity index (χ2n) is 10.2. The number of amides is 3. The van der Waals surface area contributed by atoms with E-state index in [1.54, 1.807) is 12.1 Å². The number of hydrogen-bond acceptors (Lipinski definition) is 9. The molecule has 0 radical (unpaired) electrons. The topological polar surface area (TPSA) is 328 Å². The molecule has 1 heterocycles. The number of nitrogens with zero attached hydrogens (tertiary/aromatic N) is 3. The number of aliphatic imine (C=N–C) groups is 2. The number of aromatic hydroxyl groups is 1. The minimum absolute atomic E-state index is 0.0188. The molecule has 45 heavy (non-hydrogen) atoms. The van der Waals surface area contributed by atoms with E-state index in [1.165, 1.54) is 24.7 Å². The van der Waals surface area contributed by atoms with E-state index in [0.717, 1.165) is 0 Å². The highest BCUT2D eigenvalue weighted by Crippen LogP contribution is 2.11.